The predicted molar refractivity (Wildman–Crippen MR) is 115 cm³/mol. The lowest BCUT2D eigenvalue weighted by Gasteiger charge is -1.96. The average molecular weight is 404 g/mol. The van der Waals surface area contributed by atoms with Crippen LogP contribution in [0.1, 0.15) is 5.56 Å². The van der Waals surface area contributed by atoms with Crippen molar-refractivity contribution >= 4 is 46.4 Å². The van der Waals surface area contributed by atoms with Gasteiger partial charge in [0.1, 0.15) is 5.52 Å². The molecule has 0 unspecified atom stereocenters. The van der Waals surface area contributed by atoms with E-state index in [4.69, 9.17) is 16.0 Å². The lowest BCUT2D eigenvalue weighted by Crippen LogP contribution is -1.87. The van der Waals surface area contributed by atoms with Crippen LogP contribution < -0.4 is 0 Å². The van der Waals surface area contributed by atoms with Crippen molar-refractivity contribution in [2.45, 2.75) is 0 Å². The summed E-state index contributed by atoms with van der Waals surface area (Å²) in [6, 6.07) is 19.2. The van der Waals surface area contributed by atoms with E-state index in [2.05, 4.69) is 9.98 Å². The number of aromatic nitrogens is 1. The Hall–Kier alpha value is -3.77. The summed E-state index contributed by atoms with van der Waals surface area (Å²) in [5.41, 5.74) is 3.54. The zero-order valence-electron chi connectivity index (χ0n) is 15.0. The molecule has 0 aliphatic heterocycles. The molecule has 0 bridgehead atoms. The number of hydrogen-bond acceptors (Lipinski definition) is 5. The molecule has 4 rings (SSSR count). The third-order valence-electron chi connectivity index (χ3n) is 4.15. The highest BCUT2D eigenvalue weighted by Gasteiger charge is 2.11. The van der Waals surface area contributed by atoms with E-state index in [0.29, 0.717) is 27.7 Å². The van der Waals surface area contributed by atoms with Gasteiger partial charge in [-0.3, -0.25) is 15.1 Å². The van der Waals surface area contributed by atoms with Gasteiger partial charge < -0.3 is 4.42 Å². The van der Waals surface area contributed by atoms with E-state index < -0.39 is 4.92 Å². The third kappa shape index (κ3) is 4.23. The zero-order valence-corrected chi connectivity index (χ0v) is 15.8. The Morgan fingerprint density at radius 3 is 2.76 bits per heavy atom. The van der Waals surface area contributed by atoms with E-state index in [1.807, 2.05) is 30.3 Å². The lowest BCUT2D eigenvalue weighted by atomic mass is 10.2. The molecule has 4 aromatic rings. The summed E-state index contributed by atoms with van der Waals surface area (Å²) < 4.78 is 5.79. The topological polar surface area (TPSA) is 81.5 Å². The van der Waals surface area contributed by atoms with Crippen LogP contribution in [-0.2, 0) is 0 Å². The molecule has 0 aliphatic carbocycles. The van der Waals surface area contributed by atoms with E-state index in [1.54, 1.807) is 42.6 Å². The average Bonchev–Trinajstić information content (AvgIpc) is 3.15. The standard InChI is InChI=1S/C22H14ClN3O3/c23-19-9-2-1-8-18(19)22-25-20-14-16(10-11-21(20)29-22)24-12-4-6-15-5-3-7-17(13-15)26(27)28/h1-14H. The quantitative estimate of drug-likeness (QED) is 0.217. The molecule has 7 heteroatoms. The smallest absolute Gasteiger partial charge is 0.270 e. The largest absolute Gasteiger partial charge is 0.436 e. The van der Waals surface area contributed by atoms with Crippen molar-refractivity contribution in [1.82, 2.24) is 4.98 Å². The lowest BCUT2D eigenvalue weighted by molar-refractivity contribution is -0.384. The number of oxazole rings is 1. The minimum Gasteiger partial charge on any atom is -0.436 e. The van der Waals surface area contributed by atoms with Gasteiger partial charge in [0.25, 0.3) is 5.69 Å². The number of fused-ring (bicyclic) bond motifs is 1. The van der Waals surface area contributed by atoms with Gasteiger partial charge in [-0.1, -0.05) is 41.9 Å². The highest BCUT2D eigenvalue weighted by molar-refractivity contribution is 6.33. The molecule has 0 spiro atoms. The first-order chi connectivity index (χ1) is 14.1. The molecule has 29 heavy (non-hydrogen) atoms. The highest BCUT2D eigenvalue weighted by atomic mass is 35.5. The van der Waals surface area contributed by atoms with Crippen LogP contribution >= 0.6 is 11.6 Å². The summed E-state index contributed by atoms with van der Waals surface area (Å²) in [7, 11) is 0. The molecule has 0 N–H and O–H groups in total. The van der Waals surface area contributed by atoms with Crippen LogP contribution in [0.3, 0.4) is 0 Å². The first-order valence-corrected chi connectivity index (χ1v) is 9.09. The minimum atomic E-state index is -0.421. The molecule has 1 aromatic heterocycles. The van der Waals surface area contributed by atoms with Crippen LogP contribution in [0.2, 0.25) is 5.02 Å². The number of benzene rings is 3. The molecule has 0 fully saturated rings. The van der Waals surface area contributed by atoms with Crippen LogP contribution in [-0.4, -0.2) is 16.1 Å². The number of nitro benzene ring substituents is 1. The number of nitro groups is 1. The van der Waals surface area contributed by atoms with Gasteiger partial charge in [0.05, 0.1) is 21.2 Å². The Morgan fingerprint density at radius 2 is 1.93 bits per heavy atom. The van der Waals surface area contributed by atoms with E-state index in [-0.39, 0.29) is 5.69 Å². The van der Waals surface area contributed by atoms with Crippen molar-refractivity contribution in [2.24, 2.45) is 4.99 Å². The maximum atomic E-state index is 10.8. The number of hydrogen-bond donors (Lipinski definition) is 0. The van der Waals surface area contributed by atoms with Gasteiger partial charge >= 0.3 is 0 Å². The normalized spacial score (nSPS) is 11.6. The number of non-ortho nitro benzene ring substituents is 1. The van der Waals surface area contributed by atoms with Crippen molar-refractivity contribution in [3.05, 3.63) is 93.5 Å². The number of nitrogens with zero attached hydrogens (tertiary/aromatic N) is 3. The second-order valence-electron chi connectivity index (χ2n) is 6.14. The number of halogens is 1. The molecular weight excluding hydrogens is 390 g/mol. The van der Waals surface area contributed by atoms with Crippen LogP contribution in [0.25, 0.3) is 28.6 Å². The first-order valence-electron chi connectivity index (χ1n) is 8.71. The maximum absolute atomic E-state index is 10.8. The first kappa shape index (κ1) is 18.6. The molecule has 3 aromatic carbocycles. The molecule has 6 nitrogen and oxygen atoms in total. The van der Waals surface area contributed by atoms with Crippen LogP contribution in [0, 0.1) is 10.1 Å². The second kappa shape index (κ2) is 8.08. The summed E-state index contributed by atoms with van der Waals surface area (Å²) in [5.74, 6) is 0.456. The van der Waals surface area contributed by atoms with Crippen molar-refractivity contribution in [2.75, 3.05) is 0 Å². The van der Waals surface area contributed by atoms with Gasteiger partial charge in [-0.2, -0.15) is 0 Å². The van der Waals surface area contributed by atoms with Gasteiger partial charge in [0.2, 0.25) is 5.89 Å². The van der Waals surface area contributed by atoms with Crippen molar-refractivity contribution in [3.63, 3.8) is 0 Å². The van der Waals surface area contributed by atoms with Crippen LogP contribution in [0.4, 0.5) is 11.4 Å². The van der Waals surface area contributed by atoms with Crippen molar-refractivity contribution < 1.29 is 9.34 Å². The van der Waals surface area contributed by atoms with Crippen molar-refractivity contribution in [3.8, 4) is 11.5 Å². The number of aliphatic imine (C=N–C) groups is 1. The fourth-order valence-electron chi connectivity index (χ4n) is 2.77. The maximum Gasteiger partial charge on any atom is 0.270 e. The number of allylic oxidation sites excluding steroid dienone is 1. The predicted octanol–water partition coefficient (Wildman–Crippen LogP) is 6.47. The van der Waals surface area contributed by atoms with E-state index in [0.717, 1.165) is 11.1 Å². The van der Waals surface area contributed by atoms with E-state index >= 15 is 0 Å². The van der Waals surface area contributed by atoms with Crippen molar-refractivity contribution in [1.29, 1.82) is 0 Å². The van der Waals surface area contributed by atoms with Gasteiger partial charge in [0.15, 0.2) is 5.58 Å². The molecule has 142 valence electrons. The number of rotatable bonds is 5. The van der Waals surface area contributed by atoms with Gasteiger partial charge in [0, 0.05) is 18.3 Å². The van der Waals surface area contributed by atoms with E-state index in [1.165, 1.54) is 12.1 Å². The molecule has 0 saturated carbocycles. The third-order valence-corrected chi connectivity index (χ3v) is 4.48. The summed E-state index contributed by atoms with van der Waals surface area (Å²) in [5, 5.41) is 11.4. The molecule has 0 amide bonds. The fourth-order valence-corrected chi connectivity index (χ4v) is 2.99. The molecule has 0 atom stereocenters. The van der Waals surface area contributed by atoms with E-state index in [9.17, 15) is 10.1 Å². The van der Waals surface area contributed by atoms with Crippen LogP contribution in [0.5, 0.6) is 0 Å². The van der Waals surface area contributed by atoms with Gasteiger partial charge in [-0.25, -0.2) is 4.98 Å². The van der Waals surface area contributed by atoms with Gasteiger partial charge in [-0.05, 0) is 42.0 Å². The molecule has 0 radical (unpaired) electrons. The summed E-state index contributed by atoms with van der Waals surface area (Å²) in [6.07, 6.45) is 5.09. The Kier molecular flexibility index (Phi) is 5.18. The Bertz CT molecular complexity index is 1260. The monoisotopic (exact) mass is 403 g/mol. The Balaban J connectivity index is 1.53. The Labute approximate surface area is 170 Å². The molecular formula is C22H14ClN3O3. The van der Waals surface area contributed by atoms with Gasteiger partial charge in [-0.15, -0.1) is 0 Å². The molecule has 0 saturated heterocycles. The Morgan fingerprint density at radius 1 is 1.07 bits per heavy atom. The summed E-state index contributed by atoms with van der Waals surface area (Å²) >= 11 is 6.21. The molecule has 0 aliphatic rings. The fraction of sp³-hybridized carbons (Fsp3) is 0. The highest BCUT2D eigenvalue weighted by Crippen LogP contribution is 2.31. The summed E-state index contributed by atoms with van der Waals surface area (Å²) in [6.45, 7) is 0. The second-order valence-corrected chi connectivity index (χ2v) is 6.55. The summed E-state index contributed by atoms with van der Waals surface area (Å²) in [4.78, 5) is 19.3. The minimum absolute atomic E-state index is 0.0508. The zero-order chi connectivity index (χ0) is 20.2. The molecule has 1 heterocycles. The SMILES string of the molecule is O=[N+]([O-])c1cccc(C=CC=Nc2ccc3oc(-c4ccccc4Cl)nc3c2)c1. The van der Waals surface area contributed by atoms with Crippen LogP contribution in [0.15, 0.2) is 82.2 Å².